The van der Waals surface area contributed by atoms with E-state index in [0.29, 0.717) is 18.1 Å². The summed E-state index contributed by atoms with van der Waals surface area (Å²) in [6.07, 6.45) is 0. The normalized spacial score (nSPS) is 11.9. The average molecular weight is 318 g/mol. The van der Waals surface area contributed by atoms with Crippen molar-refractivity contribution >= 4 is 23.2 Å². The third-order valence-corrected chi connectivity index (χ3v) is 3.08. The standard InChI is InChI=1S/C12H14Cl2FN5/c1-12(2,3)16-6-10-17-18-19-20(10)11-8(13)4-7(15)5-9(11)14/h4-5,16H,6H2,1-3H3. The Hall–Kier alpha value is -1.24. The molecule has 108 valence electrons. The van der Waals surface area contributed by atoms with Crippen molar-refractivity contribution in [2.75, 3.05) is 0 Å². The molecule has 0 unspecified atom stereocenters. The summed E-state index contributed by atoms with van der Waals surface area (Å²) in [6, 6.07) is 2.34. The monoisotopic (exact) mass is 317 g/mol. The molecule has 5 nitrogen and oxygen atoms in total. The average Bonchev–Trinajstić information content (AvgIpc) is 2.72. The molecule has 1 heterocycles. The van der Waals surface area contributed by atoms with Crippen LogP contribution >= 0.6 is 23.2 Å². The third kappa shape index (κ3) is 3.45. The molecule has 0 radical (unpaired) electrons. The Kier molecular flexibility index (Phi) is 4.27. The zero-order valence-corrected chi connectivity index (χ0v) is 12.8. The van der Waals surface area contributed by atoms with Gasteiger partial charge < -0.3 is 5.32 Å². The van der Waals surface area contributed by atoms with Crippen molar-refractivity contribution in [3.05, 3.63) is 33.8 Å². The van der Waals surface area contributed by atoms with E-state index in [4.69, 9.17) is 23.2 Å². The highest BCUT2D eigenvalue weighted by molar-refractivity contribution is 6.37. The van der Waals surface area contributed by atoms with E-state index >= 15 is 0 Å². The summed E-state index contributed by atoms with van der Waals surface area (Å²) in [7, 11) is 0. The van der Waals surface area contributed by atoms with Gasteiger partial charge in [0.15, 0.2) is 5.82 Å². The molecule has 0 aliphatic heterocycles. The molecular formula is C12H14Cl2FN5. The van der Waals surface area contributed by atoms with Crippen molar-refractivity contribution in [2.45, 2.75) is 32.9 Å². The number of nitrogens with zero attached hydrogens (tertiary/aromatic N) is 4. The summed E-state index contributed by atoms with van der Waals surface area (Å²) in [5, 5.41) is 15.0. The lowest BCUT2D eigenvalue weighted by molar-refractivity contribution is 0.415. The first kappa shape index (κ1) is 15.2. The number of aromatic nitrogens is 4. The highest BCUT2D eigenvalue weighted by Crippen LogP contribution is 2.29. The summed E-state index contributed by atoms with van der Waals surface area (Å²) in [5.74, 6) is 0.0292. The van der Waals surface area contributed by atoms with Crippen LogP contribution in [0.15, 0.2) is 12.1 Å². The Morgan fingerprint density at radius 2 is 1.85 bits per heavy atom. The molecule has 0 aliphatic rings. The lowest BCUT2D eigenvalue weighted by Gasteiger charge is -2.20. The second-order valence-electron chi connectivity index (χ2n) is 5.33. The van der Waals surface area contributed by atoms with Gasteiger partial charge in [-0.1, -0.05) is 23.2 Å². The molecule has 0 aliphatic carbocycles. The highest BCUT2D eigenvalue weighted by atomic mass is 35.5. The Balaban J connectivity index is 2.38. The molecule has 1 aromatic carbocycles. The van der Waals surface area contributed by atoms with E-state index in [1.807, 2.05) is 20.8 Å². The van der Waals surface area contributed by atoms with Crippen LogP contribution in [-0.4, -0.2) is 25.7 Å². The van der Waals surface area contributed by atoms with E-state index in [9.17, 15) is 4.39 Å². The van der Waals surface area contributed by atoms with Crippen molar-refractivity contribution in [1.29, 1.82) is 0 Å². The Bertz CT molecular complexity index is 598. The minimum absolute atomic E-state index is 0.0901. The van der Waals surface area contributed by atoms with Crippen molar-refractivity contribution in [2.24, 2.45) is 0 Å². The van der Waals surface area contributed by atoms with Gasteiger partial charge in [-0.25, -0.2) is 4.39 Å². The van der Waals surface area contributed by atoms with Crippen LogP contribution < -0.4 is 5.32 Å². The van der Waals surface area contributed by atoms with Gasteiger partial charge in [-0.2, -0.15) is 4.68 Å². The van der Waals surface area contributed by atoms with Crippen LogP contribution in [0.3, 0.4) is 0 Å². The van der Waals surface area contributed by atoms with E-state index in [1.165, 1.54) is 16.8 Å². The number of tetrazole rings is 1. The van der Waals surface area contributed by atoms with Crippen molar-refractivity contribution in [3.63, 3.8) is 0 Å². The minimum atomic E-state index is -0.508. The molecule has 0 spiro atoms. The van der Waals surface area contributed by atoms with E-state index in [2.05, 4.69) is 20.8 Å². The van der Waals surface area contributed by atoms with Crippen LogP contribution in [0.2, 0.25) is 10.0 Å². The predicted octanol–water partition coefficient (Wildman–Crippen LogP) is 3.00. The number of nitrogens with one attached hydrogen (secondary N) is 1. The molecule has 20 heavy (non-hydrogen) atoms. The Morgan fingerprint density at radius 1 is 1.25 bits per heavy atom. The summed E-state index contributed by atoms with van der Waals surface area (Å²) in [4.78, 5) is 0. The van der Waals surface area contributed by atoms with Gasteiger partial charge in [0.25, 0.3) is 0 Å². The summed E-state index contributed by atoms with van der Waals surface area (Å²) >= 11 is 12.1. The van der Waals surface area contributed by atoms with Crippen LogP contribution in [0, 0.1) is 5.82 Å². The maximum absolute atomic E-state index is 13.2. The minimum Gasteiger partial charge on any atom is -0.305 e. The van der Waals surface area contributed by atoms with Crippen LogP contribution in [-0.2, 0) is 6.54 Å². The number of benzene rings is 1. The van der Waals surface area contributed by atoms with Gasteiger partial charge in [-0.15, -0.1) is 5.10 Å². The van der Waals surface area contributed by atoms with E-state index in [0.717, 1.165) is 0 Å². The van der Waals surface area contributed by atoms with Gasteiger partial charge in [-0.3, -0.25) is 0 Å². The van der Waals surface area contributed by atoms with Gasteiger partial charge in [0.1, 0.15) is 11.5 Å². The van der Waals surface area contributed by atoms with Gasteiger partial charge in [0.05, 0.1) is 16.6 Å². The highest BCUT2D eigenvalue weighted by Gasteiger charge is 2.18. The van der Waals surface area contributed by atoms with Crippen LogP contribution in [0.1, 0.15) is 26.6 Å². The van der Waals surface area contributed by atoms with Crippen molar-refractivity contribution in [3.8, 4) is 5.69 Å². The number of halogens is 3. The van der Waals surface area contributed by atoms with Crippen LogP contribution in [0.25, 0.3) is 5.69 Å². The summed E-state index contributed by atoms with van der Waals surface area (Å²) in [5.41, 5.74) is 0.276. The Morgan fingerprint density at radius 3 is 2.40 bits per heavy atom. The largest absolute Gasteiger partial charge is 0.305 e. The molecule has 0 saturated heterocycles. The zero-order chi connectivity index (χ0) is 14.9. The first-order valence-electron chi connectivity index (χ1n) is 5.95. The molecule has 0 saturated carbocycles. The fourth-order valence-corrected chi connectivity index (χ4v) is 2.19. The topological polar surface area (TPSA) is 55.6 Å². The molecule has 1 aromatic heterocycles. The van der Waals surface area contributed by atoms with Gasteiger partial charge in [0.2, 0.25) is 0 Å². The smallest absolute Gasteiger partial charge is 0.170 e. The van der Waals surface area contributed by atoms with Gasteiger partial charge in [-0.05, 0) is 43.3 Å². The number of hydrogen-bond donors (Lipinski definition) is 1. The maximum Gasteiger partial charge on any atom is 0.170 e. The second-order valence-corrected chi connectivity index (χ2v) is 6.14. The molecule has 8 heteroatoms. The predicted molar refractivity (Wildman–Crippen MR) is 75.7 cm³/mol. The molecule has 0 fully saturated rings. The third-order valence-electron chi connectivity index (χ3n) is 2.50. The second kappa shape index (κ2) is 5.63. The van der Waals surface area contributed by atoms with E-state index in [-0.39, 0.29) is 15.6 Å². The van der Waals surface area contributed by atoms with E-state index < -0.39 is 5.82 Å². The quantitative estimate of drug-likeness (QED) is 0.945. The van der Waals surface area contributed by atoms with Crippen LogP contribution in [0.5, 0.6) is 0 Å². The summed E-state index contributed by atoms with van der Waals surface area (Å²) in [6.45, 7) is 6.51. The zero-order valence-electron chi connectivity index (χ0n) is 11.3. The molecule has 0 atom stereocenters. The van der Waals surface area contributed by atoms with Crippen molar-refractivity contribution < 1.29 is 4.39 Å². The fraction of sp³-hybridized carbons (Fsp3) is 0.417. The van der Waals surface area contributed by atoms with Gasteiger partial charge in [0, 0.05) is 5.54 Å². The molecule has 2 rings (SSSR count). The molecule has 0 amide bonds. The molecule has 2 aromatic rings. The molecule has 0 bridgehead atoms. The molecule has 1 N–H and O–H groups in total. The summed E-state index contributed by atoms with van der Waals surface area (Å²) < 4.78 is 14.6. The van der Waals surface area contributed by atoms with Crippen LogP contribution in [0.4, 0.5) is 4.39 Å². The lowest BCUT2D eigenvalue weighted by Crippen LogP contribution is -2.36. The first-order chi connectivity index (χ1) is 9.28. The lowest BCUT2D eigenvalue weighted by atomic mass is 10.1. The number of hydrogen-bond acceptors (Lipinski definition) is 4. The van der Waals surface area contributed by atoms with Gasteiger partial charge >= 0.3 is 0 Å². The number of rotatable bonds is 3. The fourth-order valence-electron chi connectivity index (χ4n) is 1.57. The van der Waals surface area contributed by atoms with Crippen molar-refractivity contribution in [1.82, 2.24) is 25.5 Å². The SMILES string of the molecule is CC(C)(C)NCc1nnnn1-c1c(Cl)cc(F)cc1Cl. The first-order valence-corrected chi connectivity index (χ1v) is 6.71. The Labute approximate surface area is 126 Å². The molecular weight excluding hydrogens is 304 g/mol. The van der Waals surface area contributed by atoms with E-state index in [1.54, 1.807) is 0 Å². The maximum atomic E-state index is 13.2.